The molecular weight excluding hydrogens is 512 g/mol. The predicted molar refractivity (Wildman–Crippen MR) is 110 cm³/mol. The van der Waals surface area contributed by atoms with Gasteiger partial charge in [0.15, 0.2) is 0 Å². The normalized spacial score (nSPS) is 13.4. The monoisotopic (exact) mass is 526 g/mol. The van der Waals surface area contributed by atoms with E-state index in [9.17, 15) is 30.8 Å². The van der Waals surface area contributed by atoms with E-state index in [0.717, 1.165) is 18.5 Å². The third-order valence-electron chi connectivity index (χ3n) is 4.49. The number of alkyl halides is 3. The predicted octanol–water partition coefficient (Wildman–Crippen LogP) is 3.98. The third kappa shape index (κ3) is 6.07. The summed E-state index contributed by atoms with van der Waals surface area (Å²) in [6.45, 7) is -0.762. The van der Waals surface area contributed by atoms with Crippen molar-refractivity contribution in [1.82, 2.24) is 14.4 Å². The SMILES string of the molecule is NC(=O)C(CCC(F)(F)F)N(Cc1ccc(-c2ncon2)cc1F)S(=O)(=O)c1ccc(Cl)s1. The standard InChI is InChI=1S/C18H15ClF4N4O4S2/c19-14-3-4-15(32-14)33(29,30)27(13(16(24)28)5-6-18(21,22)23)8-11-2-1-10(7-12(11)20)17-25-9-31-26-17/h1-4,7,9,13H,5-6,8H2,(H2,24,28). The van der Waals surface area contributed by atoms with Crippen molar-refractivity contribution in [3.05, 3.63) is 52.4 Å². The number of nitrogens with zero attached hydrogens (tertiary/aromatic N) is 3. The molecule has 2 heterocycles. The number of benzene rings is 1. The van der Waals surface area contributed by atoms with Crippen LogP contribution < -0.4 is 5.73 Å². The summed E-state index contributed by atoms with van der Waals surface area (Å²) in [4.78, 5) is 15.8. The molecule has 1 amide bonds. The van der Waals surface area contributed by atoms with E-state index >= 15 is 0 Å². The van der Waals surface area contributed by atoms with Crippen molar-refractivity contribution in [3.8, 4) is 11.4 Å². The molecule has 2 aromatic heterocycles. The lowest BCUT2D eigenvalue weighted by Crippen LogP contribution is -2.47. The van der Waals surface area contributed by atoms with Crippen LogP contribution >= 0.6 is 22.9 Å². The Morgan fingerprint density at radius 3 is 2.52 bits per heavy atom. The van der Waals surface area contributed by atoms with Gasteiger partial charge in [-0.15, -0.1) is 11.3 Å². The highest BCUT2D eigenvalue weighted by Gasteiger charge is 2.39. The van der Waals surface area contributed by atoms with Gasteiger partial charge in [0, 0.05) is 24.1 Å². The zero-order valence-corrected chi connectivity index (χ0v) is 18.8. The molecule has 3 rings (SSSR count). The Kier molecular flexibility index (Phi) is 7.41. The van der Waals surface area contributed by atoms with Gasteiger partial charge in [-0.05, 0) is 24.6 Å². The summed E-state index contributed by atoms with van der Waals surface area (Å²) >= 11 is 6.43. The molecule has 1 atom stereocenters. The maximum Gasteiger partial charge on any atom is 0.389 e. The van der Waals surface area contributed by atoms with Crippen molar-refractivity contribution in [3.63, 3.8) is 0 Å². The van der Waals surface area contributed by atoms with E-state index in [0.29, 0.717) is 15.6 Å². The fourth-order valence-electron chi connectivity index (χ4n) is 2.92. The number of thiophene rings is 1. The Balaban J connectivity index is 2.02. The minimum absolute atomic E-state index is 0.0679. The summed E-state index contributed by atoms with van der Waals surface area (Å²) in [6.07, 6.45) is -6.07. The van der Waals surface area contributed by atoms with E-state index in [4.69, 9.17) is 17.3 Å². The number of hydrogen-bond acceptors (Lipinski definition) is 7. The molecule has 1 unspecified atom stereocenters. The molecular formula is C18H15ClF4N4O4S2. The first-order chi connectivity index (χ1) is 15.4. The summed E-state index contributed by atoms with van der Waals surface area (Å²) in [5.41, 5.74) is 5.27. The van der Waals surface area contributed by atoms with Crippen LogP contribution in [0.2, 0.25) is 4.34 Å². The fourth-order valence-corrected chi connectivity index (χ4v) is 6.14. The second kappa shape index (κ2) is 9.75. The maximum absolute atomic E-state index is 14.8. The van der Waals surface area contributed by atoms with Crippen LogP contribution in [0.4, 0.5) is 17.6 Å². The highest BCUT2D eigenvalue weighted by molar-refractivity contribution is 7.91. The summed E-state index contributed by atoms with van der Waals surface area (Å²) in [6, 6.07) is 4.08. The van der Waals surface area contributed by atoms with Crippen LogP contribution in [0.1, 0.15) is 18.4 Å². The van der Waals surface area contributed by atoms with Crippen molar-refractivity contribution >= 4 is 38.9 Å². The minimum Gasteiger partial charge on any atom is -0.368 e. The van der Waals surface area contributed by atoms with Crippen molar-refractivity contribution < 1.29 is 35.3 Å². The highest BCUT2D eigenvalue weighted by atomic mass is 35.5. The van der Waals surface area contributed by atoms with Crippen LogP contribution in [0.15, 0.2) is 45.5 Å². The summed E-state index contributed by atoms with van der Waals surface area (Å²) in [5, 5.41) is 3.56. The summed E-state index contributed by atoms with van der Waals surface area (Å²) in [7, 11) is -4.57. The fraction of sp³-hybridized carbons (Fsp3) is 0.278. The number of primary amides is 1. The molecule has 8 nitrogen and oxygen atoms in total. The molecule has 3 aromatic rings. The first-order valence-electron chi connectivity index (χ1n) is 9.07. The Morgan fingerprint density at radius 1 is 1.27 bits per heavy atom. The zero-order valence-electron chi connectivity index (χ0n) is 16.4. The van der Waals surface area contributed by atoms with Gasteiger partial charge in [0.25, 0.3) is 10.0 Å². The van der Waals surface area contributed by atoms with Gasteiger partial charge >= 0.3 is 6.18 Å². The lowest BCUT2D eigenvalue weighted by atomic mass is 10.1. The van der Waals surface area contributed by atoms with Gasteiger partial charge in [0.1, 0.15) is 16.1 Å². The van der Waals surface area contributed by atoms with Gasteiger partial charge in [-0.25, -0.2) is 12.8 Å². The van der Waals surface area contributed by atoms with Gasteiger partial charge in [-0.1, -0.05) is 28.9 Å². The van der Waals surface area contributed by atoms with Gasteiger partial charge in [-0.3, -0.25) is 4.79 Å². The van der Waals surface area contributed by atoms with Crippen LogP contribution in [0.25, 0.3) is 11.4 Å². The largest absolute Gasteiger partial charge is 0.389 e. The van der Waals surface area contributed by atoms with E-state index in [1.54, 1.807) is 0 Å². The molecule has 0 aliphatic rings. The van der Waals surface area contributed by atoms with Gasteiger partial charge in [0.05, 0.1) is 4.34 Å². The second-order valence-electron chi connectivity index (χ2n) is 6.74. The van der Waals surface area contributed by atoms with Gasteiger partial charge < -0.3 is 10.3 Å². The average Bonchev–Trinajstić information content (AvgIpc) is 3.39. The minimum atomic E-state index is -4.67. The molecule has 0 bridgehead atoms. The molecule has 0 saturated carbocycles. The second-order valence-corrected chi connectivity index (χ2v) is 10.6. The molecule has 0 saturated heterocycles. The zero-order chi connectivity index (χ0) is 24.4. The number of carbonyl (C=O) groups is 1. The van der Waals surface area contributed by atoms with Crippen LogP contribution in [0.5, 0.6) is 0 Å². The maximum atomic E-state index is 14.8. The van der Waals surface area contributed by atoms with E-state index in [2.05, 4.69) is 14.7 Å². The molecule has 15 heteroatoms. The number of amides is 1. The number of carbonyl (C=O) groups excluding carboxylic acids is 1. The van der Waals surface area contributed by atoms with Crippen LogP contribution in [-0.4, -0.2) is 41.0 Å². The van der Waals surface area contributed by atoms with Crippen LogP contribution in [0, 0.1) is 5.82 Å². The Bertz CT molecular complexity index is 1230. The van der Waals surface area contributed by atoms with E-state index in [-0.39, 0.29) is 25.5 Å². The Hall–Kier alpha value is -2.55. The molecule has 2 N–H and O–H groups in total. The molecule has 0 fully saturated rings. The van der Waals surface area contributed by atoms with Crippen molar-refractivity contribution in [2.75, 3.05) is 0 Å². The molecule has 0 aliphatic carbocycles. The number of nitrogens with two attached hydrogens (primary N) is 1. The van der Waals surface area contributed by atoms with Crippen molar-refractivity contribution in [2.24, 2.45) is 5.73 Å². The molecule has 0 aliphatic heterocycles. The molecule has 1 aromatic carbocycles. The molecule has 33 heavy (non-hydrogen) atoms. The van der Waals surface area contributed by atoms with Crippen LogP contribution in [-0.2, 0) is 21.4 Å². The third-order valence-corrected chi connectivity index (χ3v) is 8.04. The average molecular weight is 527 g/mol. The molecule has 0 radical (unpaired) electrons. The first kappa shape index (κ1) is 25.1. The van der Waals surface area contributed by atoms with Gasteiger partial charge in [0.2, 0.25) is 18.1 Å². The van der Waals surface area contributed by atoms with E-state index in [1.165, 1.54) is 18.2 Å². The lowest BCUT2D eigenvalue weighted by Gasteiger charge is -2.29. The van der Waals surface area contributed by atoms with E-state index in [1.807, 2.05) is 0 Å². The number of halogens is 5. The Morgan fingerprint density at radius 2 is 2.00 bits per heavy atom. The smallest absolute Gasteiger partial charge is 0.368 e. The summed E-state index contributed by atoms with van der Waals surface area (Å²) in [5.74, 6) is -2.14. The highest BCUT2D eigenvalue weighted by Crippen LogP contribution is 2.33. The molecule has 0 spiro atoms. The summed E-state index contributed by atoms with van der Waals surface area (Å²) < 4.78 is 84.5. The topological polar surface area (TPSA) is 119 Å². The number of hydrogen-bond donors (Lipinski definition) is 1. The number of rotatable bonds is 9. The number of aromatic nitrogens is 2. The Labute approximate surface area is 194 Å². The molecule has 178 valence electrons. The first-order valence-corrected chi connectivity index (χ1v) is 11.7. The van der Waals surface area contributed by atoms with Crippen LogP contribution in [0.3, 0.4) is 0 Å². The number of sulfonamides is 1. The van der Waals surface area contributed by atoms with Crippen molar-refractivity contribution in [1.29, 1.82) is 0 Å². The van der Waals surface area contributed by atoms with Crippen molar-refractivity contribution in [2.45, 2.75) is 35.8 Å². The van der Waals surface area contributed by atoms with E-state index < -0.39 is 53.4 Å². The van der Waals surface area contributed by atoms with Gasteiger partial charge in [-0.2, -0.15) is 22.5 Å². The lowest BCUT2D eigenvalue weighted by molar-refractivity contribution is -0.140. The quantitative estimate of drug-likeness (QED) is 0.421.